The van der Waals surface area contributed by atoms with Crippen molar-refractivity contribution < 1.29 is 14.4 Å². The van der Waals surface area contributed by atoms with Gasteiger partial charge in [0.05, 0.1) is 11.1 Å². The molecule has 0 spiro atoms. The summed E-state index contributed by atoms with van der Waals surface area (Å²) in [5, 5.41) is 3.57. The fourth-order valence-corrected chi connectivity index (χ4v) is 3.33. The van der Waals surface area contributed by atoms with Gasteiger partial charge in [-0.25, -0.2) is 0 Å². The number of benzene rings is 2. The van der Waals surface area contributed by atoms with E-state index in [1.165, 1.54) is 5.56 Å². The van der Waals surface area contributed by atoms with E-state index in [-0.39, 0.29) is 30.7 Å². The highest BCUT2D eigenvalue weighted by molar-refractivity contribution is 6.30. The zero-order valence-electron chi connectivity index (χ0n) is 14.9. The van der Waals surface area contributed by atoms with Gasteiger partial charge in [-0.2, -0.15) is 0 Å². The fourth-order valence-electron chi connectivity index (χ4n) is 3.12. The number of imide groups is 1. The van der Waals surface area contributed by atoms with Crippen LogP contribution in [0.2, 0.25) is 5.02 Å². The Balaban J connectivity index is 1.36. The molecule has 0 aromatic heterocycles. The summed E-state index contributed by atoms with van der Waals surface area (Å²) in [6.07, 6.45) is 2.82. The quantitative estimate of drug-likeness (QED) is 0.559. The highest BCUT2D eigenvalue weighted by Crippen LogP contribution is 2.22. The molecule has 2 aromatic rings. The van der Waals surface area contributed by atoms with Crippen LogP contribution in [0.25, 0.3) is 0 Å². The van der Waals surface area contributed by atoms with Gasteiger partial charge < -0.3 is 5.32 Å². The van der Waals surface area contributed by atoms with E-state index in [2.05, 4.69) is 5.32 Å². The Morgan fingerprint density at radius 3 is 2.33 bits per heavy atom. The van der Waals surface area contributed by atoms with Crippen molar-refractivity contribution in [3.8, 4) is 0 Å². The second-order valence-corrected chi connectivity index (χ2v) is 6.93. The van der Waals surface area contributed by atoms with E-state index < -0.39 is 0 Å². The highest BCUT2D eigenvalue weighted by atomic mass is 35.5. The number of rotatable bonds is 8. The van der Waals surface area contributed by atoms with Gasteiger partial charge in [0.1, 0.15) is 0 Å². The molecule has 3 rings (SSSR count). The molecule has 6 heteroatoms. The highest BCUT2D eigenvalue weighted by Gasteiger charge is 2.34. The van der Waals surface area contributed by atoms with Crippen molar-refractivity contribution in [1.82, 2.24) is 10.2 Å². The standard InChI is InChI=1S/C21H21ClN2O3/c22-16-8-5-7-15(14-16)6-3-4-12-23-19(25)11-13-24-20(26)17-9-1-2-10-18(17)21(24)27/h1-2,5,7-10,14H,3-4,6,11-13H2,(H,23,25). The van der Waals surface area contributed by atoms with Crippen LogP contribution in [0.4, 0.5) is 0 Å². The van der Waals surface area contributed by atoms with Crippen molar-refractivity contribution in [3.05, 3.63) is 70.2 Å². The molecule has 1 aliphatic heterocycles. The minimum atomic E-state index is -0.329. The first kappa shape index (κ1) is 19.1. The number of nitrogens with one attached hydrogen (secondary N) is 1. The van der Waals surface area contributed by atoms with Crippen LogP contribution in [0.3, 0.4) is 0 Å². The normalized spacial score (nSPS) is 13.0. The third-order valence-electron chi connectivity index (χ3n) is 4.54. The maximum atomic E-state index is 12.2. The molecule has 1 aliphatic rings. The number of unbranched alkanes of at least 4 members (excludes halogenated alkanes) is 1. The second kappa shape index (κ2) is 8.82. The second-order valence-electron chi connectivity index (χ2n) is 6.49. The van der Waals surface area contributed by atoms with Gasteiger partial charge in [-0.3, -0.25) is 19.3 Å². The van der Waals surface area contributed by atoms with Crippen LogP contribution < -0.4 is 5.32 Å². The van der Waals surface area contributed by atoms with Gasteiger partial charge in [-0.15, -0.1) is 0 Å². The van der Waals surface area contributed by atoms with E-state index in [9.17, 15) is 14.4 Å². The lowest BCUT2D eigenvalue weighted by Crippen LogP contribution is -2.34. The van der Waals surface area contributed by atoms with Gasteiger partial charge >= 0.3 is 0 Å². The first-order chi connectivity index (χ1) is 13.1. The van der Waals surface area contributed by atoms with Gasteiger partial charge in [0.15, 0.2) is 0 Å². The monoisotopic (exact) mass is 384 g/mol. The van der Waals surface area contributed by atoms with Crippen LogP contribution in [-0.2, 0) is 11.2 Å². The average Bonchev–Trinajstić information content (AvgIpc) is 2.91. The molecule has 0 fully saturated rings. The van der Waals surface area contributed by atoms with Crippen LogP contribution in [0, 0.1) is 0 Å². The van der Waals surface area contributed by atoms with Crippen LogP contribution >= 0.6 is 11.6 Å². The summed E-state index contributed by atoms with van der Waals surface area (Å²) in [7, 11) is 0. The maximum Gasteiger partial charge on any atom is 0.261 e. The molecular weight excluding hydrogens is 364 g/mol. The van der Waals surface area contributed by atoms with Crippen LogP contribution in [0.1, 0.15) is 45.5 Å². The fraction of sp³-hybridized carbons (Fsp3) is 0.286. The van der Waals surface area contributed by atoms with E-state index in [1.54, 1.807) is 24.3 Å². The van der Waals surface area contributed by atoms with Gasteiger partial charge in [-0.1, -0.05) is 35.9 Å². The average molecular weight is 385 g/mol. The molecule has 0 bridgehead atoms. The van der Waals surface area contributed by atoms with E-state index in [1.807, 2.05) is 24.3 Å². The third-order valence-corrected chi connectivity index (χ3v) is 4.78. The topological polar surface area (TPSA) is 66.5 Å². The molecule has 0 radical (unpaired) electrons. The van der Waals surface area contributed by atoms with Crippen molar-refractivity contribution in [2.75, 3.05) is 13.1 Å². The molecule has 5 nitrogen and oxygen atoms in total. The Bertz CT molecular complexity index is 831. The predicted molar refractivity (Wildman–Crippen MR) is 104 cm³/mol. The molecule has 0 saturated carbocycles. The maximum absolute atomic E-state index is 12.2. The Morgan fingerprint density at radius 2 is 1.67 bits per heavy atom. The molecular formula is C21H21ClN2O3. The summed E-state index contributed by atoms with van der Waals surface area (Å²) in [6, 6.07) is 14.5. The van der Waals surface area contributed by atoms with E-state index in [0.717, 1.165) is 29.2 Å². The Morgan fingerprint density at radius 1 is 0.963 bits per heavy atom. The van der Waals surface area contributed by atoms with Crippen molar-refractivity contribution in [1.29, 1.82) is 0 Å². The summed E-state index contributed by atoms with van der Waals surface area (Å²) >= 11 is 5.96. The van der Waals surface area contributed by atoms with Gasteiger partial charge in [-0.05, 0) is 49.1 Å². The number of aryl methyl sites for hydroxylation is 1. The summed E-state index contributed by atoms with van der Waals surface area (Å²) < 4.78 is 0. The lowest BCUT2D eigenvalue weighted by molar-refractivity contribution is -0.121. The number of nitrogens with zero attached hydrogens (tertiary/aromatic N) is 1. The minimum absolute atomic E-state index is 0.0979. The van der Waals surface area contributed by atoms with Crippen LogP contribution in [-0.4, -0.2) is 35.7 Å². The van der Waals surface area contributed by atoms with E-state index in [4.69, 9.17) is 11.6 Å². The number of hydrogen-bond donors (Lipinski definition) is 1. The molecule has 27 heavy (non-hydrogen) atoms. The molecule has 0 atom stereocenters. The molecule has 3 amide bonds. The lowest BCUT2D eigenvalue weighted by atomic mass is 10.1. The zero-order chi connectivity index (χ0) is 19.2. The number of hydrogen-bond acceptors (Lipinski definition) is 3. The van der Waals surface area contributed by atoms with Crippen molar-refractivity contribution >= 4 is 29.3 Å². The molecule has 0 unspecified atom stereocenters. The summed E-state index contributed by atoms with van der Waals surface area (Å²) in [6.45, 7) is 0.669. The number of fused-ring (bicyclic) bond motifs is 1. The zero-order valence-corrected chi connectivity index (χ0v) is 15.7. The number of carbonyl (C=O) groups is 3. The van der Waals surface area contributed by atoms with E-state index >= 15 is 0 Å². The predicted octanol–water partition coefficient (Wildman–Crippen LogP) is 3.47. The molecule has 140 valence electrons. The van der Waals surface area contributed by atoms with E-state index in [0.29, 0.717) is 17.7 Å². The Kier molecular flexibility index (Phi) is 6.24. The summed E-state index contributed by atoms with van der Waals surface area (Å²) in [5.74, 6) is -0.816. The van der Waals surface area contributed by atoms with Crippen LogP contribution in [0.5, 0.6) is 0 Å². The molecule has 1 N–H and O–H groups in total. The minimum Gasteiger partial charge on any atom is -0.356 e. The van der Waals surface area contributed by atoms with Crippen molar-refractivity contribution in [2.24, 2.45) is 0 Å². The first-order valence-electron chi connectivity index (χ1n) is 9.02. The third kappa shape index (κ3) is 4.74. The Hall–Kier alpha value is -2.66. The van der Waals surface area contributed by atoms with Crippen molar-refractivity contribution in [2.45, 2.75) is 25.7 Å². The number of amides is 3. The molecule has 0 aliphatic carbocycles. The van der Waals surface area contributed by atoms with Gasteiger partial charge in [0.25, 0.3) is 11.8 Å². The van der Waals surface area contributed by atoms with Crippen LogP contribution in [0.15, 0.2) is 48.5 Å². The smallest absolute Gasteiger partial charge is 0.261 e. The summed E-state index contributed by atoms with van der Waals surface area (Å²) in [4.78, 5) is 37.6. The Labute approximate surface area is 163 Å². The molecule has 1 heterocycles. The molecule has 0 saturated heterocycles. The molecule has 2 aromatic carbocycles. The number of halogens is 1. The first-order valence-corrected chi connectivity index (χ1v) is 9.40. The van der Waals surface area contributed by atoms with Gasteiger partial charge in [0.2, 0.25) is 5.91 Å². The largest absolute Gasteiger partial charge is 0.356 e. The number of carbonyl (C=O) groups excluding carboxylic acids is 3. The SMILES string of the molecule is O=C(CCN1C(=O)c2ccccc2C1=O)NCCCCc1cccc(Cl)c1. The summed E-state index contributed by atoms with van der Waals surface area (Å²) in [5.41, 5.74) is 1.99. The van der Waals surface area contributed by atoms with Gasteiger partial charge in [0, 0.05) is 24.5 Å². The lowest BCUT2D eigenvalue weighted by Gasteiger charge is -2.13. The van der Waals surface area contributed by atoms with Crippen molar-refractivity contribution in [3.63, 3.8) is 0 Å².